The number of amides is 1. The number of fused-ring (bicyclic) bond motifs is 1. The van der Waals surface area contributed by atoms with E-state index in [1.165, 1.54) is 0 Å². The summed E-state index contributed by atoms with van der Waals surface area (Å²) in [4.78, 5) is 16.0. The van der Waals surface area contributed by atoms with E-state index in [4.69, 9.17) is 18.0 Å². The molecular weight excluding hydrogens is 260 g/mol. The Balaban J connectivity index is 2.42. The Bertz CT molecular complexity index is 642. The van der Waals surface area contributed by atoms with Gasteiger partial charge in [0, 0.05) is 12.4 Å². The van der Waals surface area contributed by atoms with Crippen LogP contribution in [0.2, 0.25) is 0 Å². The van der Waals surface area contributed by atoms with Crippen LogP contribution >= 0.6 is 12.2 Å². The Labute approximate surface area is 116 Å². The third kappa shape index (κ3) is 2.97. The number of likely N-dealkylation sites (N-methyl/N-ethyl adjacent to an activating group) is 1. The van der Waals surface area contributed by atoms with E-state index in [-0.39, 0.29) is 17.4 Å². The summed E-state index contributed by atoms with van der Waals surface area (Å²) in [5, 5.41) is 6.43. The van der Waals surface area contributed by atoms with E-state index in [1.807, 2.05) is 30.3 Å². The number of hydrogen-bond donors (Lipinski definition) is 3. The molecule has 0 atom stereocenters. The predicted octanol–water partition coefficient (Wildman–Crippen LogP) is 1.03. The highest BCUT2D eigenvalue weighted by molar-refractivity contribution is 7.80. The summed E-state index contributed by atoms with van der Waals surface area (Å²) in [6.45, 7) is 0.122. The molecule has 1 heterocycles. The van der Waals surface area contributed by atoms with E-state index in [1.54, 1.807) is 7.05 Å². The Morgan fingerprint density at radius 1 is 1.42 bits per heavy atom. The standard InChI is InChI=1S/C13H14N4OS/c1-15-11(18)7-16-13-9(12(14)19)6-8-4-2-3-5-10(8)17-13/h2-6H,7H2,1H3,(H2,14,19)(H,15,18)(H,16,17). The maximum absolute atomic E-state index is 11.3. The molecule has 19 heavy (non-hydrogen) atoms. The zero-order valence-corrected chi connectivity index (χ0v) is 11.3. The Kier molecular flexibility index (Phi) is 3.91. The lowest BCUT2D eigenvalue weighted by Crippen LogP contribution is -2.27. The van der Waals surface area contributed by atoms with Crippen LogP contribution in [0.3, 0.4) is 0 Å². The van der Waals surface area contributed by atoms with Gasteiger partial charge in [-0.05, 0) is 12.1 Å². The van der Waals surface area contributed by atoms with Crippen LogP contribution in [0.4, 0.5) is 5.82 Å². The Morgan fingerprint density at radius 3 is 2.84 bits per heavy atom. The molecule has 0 spiro atoms. The zero-order valence-electron chi connectivity index (χ0n) is 10.4. The Hall–Kier alpha value is -2.21. The van der Waals surface area contributed by atoms with Crippen molar-refractivity contribution in [1.82, 2.24) is 10.3 Å². The molecule has 4 N–H and O–H groups in total. The molecular formula is C13H14N4OS. The third-order valence-corrected chi connectivity index (χ3v) is 2.90. The zero-order chi connectivity index (χ0) is 13.8. The van der Waals surface area contributed by atoms with Crippen molar-refractivity contribution < 1.29 is 4.79 Å². The molecule has 0 bridgehead atoms. The third-order valence-electron chi connectivity index (χ3n) is 2.68. The largest absolute Gasteiger partial charge is 0.389 e. The van der Waals surface area contributed by atoms with Crippen LogP contribution in [0, 0.1) is 0 Å². The molecule has 5 nitrogen and oxygen atoms in total. The average Bonchev–Trinajstić information content (AvgIpc) is 2.43. The molecule has 0 saturated heterocycles. The lowest BCUT2D eigenvalue weighted by Gasteiger charge is -2.11. The summed E-state index contributed by atoms with van der Waals surface area (Å²) < 4.78 is 0. The van der Waals surface area contributed by atoms with E-state index in [0.29, 0.717) is 11.4 Å². The highest BCUT2D eigenvalue weighted by Crippen LogP contribution is 2.20. The first-order chi connectivity index (χ1) is 9.11. The van der Waals surface area contributed by atoms with Crippen molar-refractivity contribution in [3.05, 3.63) is 35.9 Å². The Morgan fingerprint density at radius 2 is 2.16 bits per heavy atom. The normalized spacial score (nSPS) is 10.2. The molecule has 0 aliphatic carbocycles. The molecule has 0 fully saturated rings. The van der Waals surface area contributed by atoms with Gasteiger partial charge in [0.1, 0.15) is 10.8 Å². The number of aromatic nitrogens is 1. The van der Waals surface area contributed by atoms with Gasteiger partial charge in [0.15, 0.2) is 0 Å². The second-order valence-electron chi connectivity index (χ2n) is 3.97. The molecule has 1 aromatic carbocycles. The molecule has 2 rings (SSSR count). The van der Waals surface area contributed by atoms with Crippen LogP contribution in [-0.4, -0.2) is 29.5 Å². The van der Waals surface area contributed by atoms with Gasteiger partial charge in [0.2, 0.25) is 5.91 Å². The van der Waals surface area contributed by atoms with E-state index in [9.17, 15) is 4.79 Å². The number of para-hydroxylation sites is 1. The van der Waals surface area contributed by atoms with Crippen molar-refractivity contribution in [2.24, 2.45) is 5.73 Å². The van der Waals surface area contributed by atoms with E-state index < -0.39 is 0 Å². The number of carbonyl (C=O) groups is 1. The van der Waals surface area contributed by atoms with Crippen LogP contribution in [-0.2, 0) is 4.79 Å². The first-order valence-corrected chi connectivity index (χ1v) is 6.16. The van der Waals surface area contributed by atoms with Gasteiger partial charge >= 0.3 is 0 Å². The van der Waals surface area contributed by atoms with Crippen LogP contribution in [0.5, 0.6) is 0 Å². The molecule has 6 heteroatoms. The number of nitrogens with two attached hydrogens (primary N) is 1. The van der Waals surface area contributed by atoms with E-state index >= 15 is 0 Å². The molecule has 1 aromatic heterocycles. The highest BCUT2D eigenvalue weighted by Gasteiger charge is 2.10. The number of anilines is 1. The summed E-state index contributed by atoms with van der Waals surface area (Å²) in [7, 11) is 1.58. The maximum Gasteiger partial charge on any atom is 0.239 e. The lowest BCUT2D eigenvalue weighted by molar-refractivity contribution is -0.118. The van der Waals surface area contributed by atoms with Gasteiger partial charge in [-0.1, -0.05) is 30.4 Å². The first kappa shape index (κ1) is 13.2. The van der Waals surface area contributed by atoms with Gasteiger partial charge in [-0.15, -0.1) is 0 Å². The molecule has 1 amide bonds. The number of benzene rings is 1. The second-order valence-corrected chi connectivity index (χ2v) is 4.41. The fraction of sp³-hybridized carbons (Fsp3) is 0.154. The monoisotopic (exact) mass is 274 g/mol. The second kappa shape index (κ2) is 5.62. The number of rotatable bonds is 4. The number of thiocarbonyl (C=S) groups is 1. The summed E-state index contributed by atoms with van der Waals surface area (Å²) in [5.41, 5.74) is 7.15. The summed E-state index contributed by atoms with van der Waals surface area (Å²) in [5.74, 6) is 0.388. The van der Waals surface area contributed by atoms with Crippen molar-refractivity contribution in [2.75, 3.05) is 18.9 Å². The summed E-state index contributed by atoms with van der Waals surface area (Å²) in [6, 6.07) is 9.52. The van der Waals surface area contributed by atoms with Gasteiger partial charge in [-0.3, -0.25) is 4.79 Å². The molecule has 98 valence electrons. The number of pyridine rings is 1. The SMILES string of the molecule is CNC(=O)CNc1nc2ccccc2cc1C(N)=S. The number of nitrogens with zero attached hydrogens (tertiary/aromatic N) is 1. The molecule has 2 aromatic rings. The smallest absolute Gasteiger partial charge is 0.239 e. The summed E-state index contributed by atoms with van der Waals surface area (Å²) in [6.07, 6.45) is 0. The van der Waals surface area contributed by atoms with E-state index in [0.717, 1.165) is 10.9 Å². The van der Waals surface area contributed by atoms with Gasteiger partial charge in [-0.2, -0.15) is 0 Å². The fourth-order valence-electron chi connectivity index (χ4n) is 1.69. The molecule has 0 aliphatic heterocycles. The van der Waals surface area contributed by atoms with Crippen molar-refractivity contribution in [3.63, 3.8) is 0 Å². The molecule has 0 saturated carbocycles. The van der Waals surface area contributed by atoms with Crippen LogP contribution < -0.4 is 16.4 Å². The van der Waals surface area contributed by atoms with Crippen molar-refractivity contribution in [2.45, 2.75) is 0 Å². The average molecular weight is 274 g/mol. The number of nitrogens with one attached hydrogen (secondary N) is 2. The van der Waals surface area contributed by atoms with Crippen molar-refractivity contribution in [3.8, 4) is 0 Å². The summed E-state index contributed by atoms with van der Waals surface area (Å²) >= 11 is 5.02. The molecule has 0 unspecified atom stereocenters. The minimum absolute atomic E-state index is 0.122. The van der Waals surface area contributed by atoms with Gasteiger partial charge in [0.25, 0.3) is 0 Å². The van der Waals surface area contributed by atoms with Gasteiger partial charge in [-0.25, -0.2) is 4.98 Å². The first-order valence-electron chi connectivity index (χ1n) is 5.76. The predicted molar refractivity (Wildman–Crippen MR) is 80.2 cm³/mol. The fourth-order valence-corrected chi connectivity index (χ4v) is 1.85. The quantitative estimate of drug-likeness (QED) is 0.726. The maximum atomic E-state index is 11.3. The van der Waals surface area contributed by atoms with E-state index in [2.05, 4.69) is 15.6 Å². The lowest BCUT2D eigenvalue weighted by atomic mass is 10.1. The molecule has 0 aliphatic rings. The minimum Gasteiger partial charge on any atom is -0.389 e. The highest BCUT2D eigenvalue weighted by atomic mass is 32.1. The van der Waals surface area contributed by atoms with Gasteiger partial charge < -0.3 is 16.4 Å². The topological polar surface area (TPSA) is 80.0 Å². The van der Waals surface area contributed by atoms with Crippen LogP contribution in [0.25, 0.3) is 10.9 Å². The van der Waals surface area contributed by atoms with Crippen molar-refractivity contribution >= 4 is 39.8 Å². The molecule has 0 radical (unpaired) electrons. The van der Waals surface area contributed by atoms with Gasteiger partial charge in [0.05, 0.1) is 17.6 Å². The van der Waals surface area contributed by atoms with Crippen LogP contribution in [0.1, 0.15) is 5.56 Å². The van der Waals surface area contributed by atoms with Crippen LogP contribution in [0.15, 0.2) is 30.3 Å². The minimum atomic E-state index is -0.135. The van der Waals surface area contributed by atoms with Crippen molar-refractivity contribution in [1.29, 1.82) is 0 Å². The number of hydrogen-bond acceptors (Lipinski definition) is 4. The number of carbonyl (C=O) groups excluding carboxylic acids is 1.